The van der Waals surface area contributed by atoms with Gasteiger partial charge in [0, 0.05) is 6.07 Å². The average Bonchev–Trinajstić information content (AvgIpc) is 3.26. The van der Waals surface area contributed by atoms with Gasteiger partial charge in [-0.1, -0.05) is 12.1 Å². The van der Waals surface area contributed by atoms with Crippen LogP contribution >= 0.6 is 0 Å². The highest BCUT2D eigenvalue weighted by molar-refractivity contribution is 5.82. The summed E-state index contributed by atoms with van der Waals surface area (Å²) in [5.74, 6) is 0.772. The summed E-state index contributed by atoms with van der Waals surface area (Å²) < 4.78 is 33.3. The highest BCUT2D eigenvalue weighted by atomic mass is 16.8. The number of rotatable bonds is 8. The molecule has 0 bridgehead atoms. The number of methoxy groups -OCH3 is 1. The largest absolute Gasteiger partial charge is 0.497 e. The lowest BCUT2D eigenvalue weighted by Crippen LogP contribution is -2.62. The van der Waals surface area contributed by atoms with E-state index in [1.165, 1.54) is 24.5 Å². The summed E-state index contributed by atoms with van der Waals surface area (Å²) in [5.41, 5.74) is -1.10. The topological polar surface area (TPSA) is 198 Å². The molecule has 6 N–H and O–H groups in total. The van der Waals surface area contributed by atoms with Crippen LogP contribution in [0.5, 0.6) is 11.5 Å². The van der Waals surface area contributed by atoms with Gasteiger partial charge in [0.05, 0.1) is 37.9 Å². The fourth-order valence-corrected chi connectivity index (χ4v) is 4.65. The number of fused-ring (bicyclic) bond motifs is 1. The van der Waals surface area contributed by atoms with Gasteiger partial charge in [-0.15, -0.1) is 0 Å². The number of aliphatic hydroxyl groups excluding tert-OH is 5. The minimum Gasteiger partial charge on any atom is -0.497 e. The van der Waals surface area contributed by atoms with E-state index in [1.54, 1.807) is 31.4 Å². The van der Waals surface area contributed by atoms with E-state index in [2.05, 4.69) is 0 Å². The molecule has 2 fully saturated rings. The average molecular weight is 563 g/mol. The Labute approximate surface area is 227 Å². The number of ether oxygens (including phenoxy) is 5. The van der Waals surface area contributed by atoms with Crippen LogP contribution in [0.15, 0.2) is 57.9 Å². The second kappa shape index (κ2) is 11.4. The molecule has 0 aliphatic carbocycles. The third kappa shape index (κ3) is 5.19. The van der Waals surface area contributed by atoms with Crippen molar-refractivity contribution in [3.63, 3.8) is 0 Å². The Bertz CT molecular complexity index is 1380. The Hall–Kier alpha value is -3.11. The summed E-state index contributed by atoms with van der Waals surface area (Å²) >= 11 is 0. The van der Waals surface area contributed by atoms with E-state index in [-0.39, 0.29) is 22.1 Å². The molecule has 3 heterocycles. The fourth-order valence-electron chi connectivity index (χ4n) is 4.65. The maximum Gasteiger partial charge on any atom is 0.229 e. The van der Waals surface area contributed by atoms with Gasteiger partial charge >= 0.3 is 0 Å². The monoisotopic (exact) mass is 562 g/mol. The van der Waals surface area contributed by atoms with Gasteiger partial charge in [0.25, 0.3) is 0 Å². The molecule has 3 aromatic rings. The summed E-state index contributed by atoms with van der Waals surface area (Å²) in [4.78, 5) is 13.2. The molecule has 2 aromatic carbocycles. The first-order chi connectivity index (χ1) is 19.2. The first kappa shape index (κ1) is 28.4. The van der Waals surface area contributed by atoms with E-state index in [9.17, 15) is 35.4 Å². The van der Waals surface area contributed by atoms with Gasteiger partial charge in [-0.05, 0) is 29.8 Å². The summed E-state index contributed by atoms with van der Waals surface area (Å²) in [7, 11) is 1.54. The summed E-state index contributed by atoms with van der Waals surface area (Å²) in [6.07, 6.45) is -9.29. The highest BCUT2D eigenvalue weighted by Crippen LogP contribution is 2.33. The van der Waals surface area contributed by atoms with Gasteiger partial charge in [-0.3, -0.25) is 4.79 Å². The minimum absolute atomic E-state index is 0.131. The number of aliphatic hydroxyl groups is 6. The van der Waals surface area contributed by atoms with E-state index in [0.29, 0.717) is 16.9 Å². The van der Waals surface area contributed by atoms with E-state index in [0.717, 1.165) is 0 Å². The smallest absolute Gasteiger partial charge is 0.229 e. The minimum atomic E-state index is -1.99. The van der Waals surface area contributed by atoms with E-state index in [4.69, 9.17) is 28.1 Å². The zero-order valence-electron chi connectivity index (χ0n) is 21.3. The molecule has 0 saturated carbocycles. The SMILES string of the molecule is COc1ccc(-c2coc3cc(O[C@H]4O[C@@H](CO)[C@@H](O)[C@@H](O)[C@@H]4O[C@@H]4OC[C@](O)(CO)[C@H]4O)ccc3c2=O)cc1. The third-order valence-corrected chi connectivity index (χ3v) is 7.09. The molecule has 13 heteroatoms. The first-order valence-corrected chi connectivity index (χ1v) is 12.5. The molecule has 1 aromatic heterocycles. The van der Waals surface area contributed by atoms with Crippen molar-refractivity contribution in [2.75, 3.05) is 26.9 Å². The van der Waals surface area contributed by atoms with Gasteiger partial charge in [0.15, 0.2) is 17.8 Å². The maximum atomic E-state index is 13.2. The molecule has 2 saturated heterocycles. The molecule has 13 nitrogen and oxygen atoms in total. The van der Waals surface area contributed by atoms with Crippen LogP contribution in [-0.2, 0) is 14.2 Å². The molecule has 2 aliphatic heterocycles. The lowest BCUT2D eigenvalue weighted by atomic mass is 9.98. The van der Waals surface area contributed by atoms with Crippen molar-refractivity contribution in [2.45, 2.75) is 48.7 Å². The Morgan fingerprint density at radius 1 is 1.00 bits per heavy atom. The number of hydrogen-bond donors (Lipinski definition) is 6. The van der Waals surface area contributed by atoms with E-state index in [1.807, 2.05) is 0 Å². The molecule has 40 heavy (non-hydrogen) atoms. The van der Waals surface area contributed by atoms with Crippen molar-refractivity contribution in [1.82, 2.24) is 0 Å². The van der Waals surface area contributed by atoms with Crippen molar-refractivity contribution in [2.24, 2.45) is 0 Å². The van der Waals surface area contributed by atoms with Crippen LogP contribution in [0, 0.1) is 0 Å². The Kier molecular flexibility index (Phi) is 8.10. The number of hydrogen-bond acceptors (Lipinski definition) is 13. The van der Waals surface area contributed by atoms with Gasteiger partial charge in [0.1, 0.15) is 53.4 Å². The molecule has 8 atom stereocenters. The first-order valence-electron chi connectivity index (χ1n) is 12.5. The van der Waals surface area contributed by atoms with Gasteiger partial charge < -0.3 is 58.7 Å². The van der Waals surface area contributed by atoms with Crippen LogP contribution in [0.1, 0.15) is 0 Å². The molecule has 0 amide bonds. The van der Waals surface area contributed by atoms with Crippen LogP contribution in [0.2, 0.25) is 0 Å². The summed E-state index contributed by atoms with van der Waals surface area (Å²) in [6, 6.07) is 11.3. The quantitative estimate of drug-likeness (QED) is 0.198. The maximum absolute atomic E-state index is 13.2. The molecule has 0 radical (unpaired) electrons. The fraction of sp³-hybridized carbons (Fsp3) is 0.444. The third-order valence-electron chi connectivity index (χ3n) is 7.09. The lowest BCUT2D eigenvalue weighted by molar-refractivity contribution is -0.318. The van der Waals surface area contributed by atoms with Crippen molar-refractivity contribution in [3.05, 3.63) is 59.0 Å². The predicted octanol–water partition coefficient (Wildman–Crippen LogP) is -0.888. The van der Waals surface area contributed by atoms with Gasteiger partial charge in [-0.2, -0.15) is 0 Å². The molecular weight excluding hydrogens is 532 g/mol. The second-order valence-electron chi connectivity index (χ2n) is 9.68. The summed E-state index contributed by atoms with van der Waals surface area (Å²) in [6.45, 7) is -1.91. The molecule has 5 rings (SSSR count). The second-order valence-corrected chi connectivity index (χ2v) is 9.68. The molecule has 0 spiro atoms. The van der Waals surface area contributed by atoms with Gasteiger partial charge in [0.2, 0.25) is 6.29 Å². The highest BCUT2D eigenvalue weighted by Gasteiger charge is 2.53. The van der Waals surface area contributed by atoms with Crippen molar-refractivity contribution >= 4 is 11.0 Å². The van der Waals surface area contributed by atoms with Crippen molar-refractivity contribution < 1.29 is 58.7 Å². The van der Waals surface area contributed by atoms with Crippen LogP contribution in [0.25, 0.3) is 22.1 Å². The van der Waals surface area contributed by atoms with E-state index < -0.39 is 68.5 Å². The van der Waals surface area contributed by atoms with Crippen LogP contribution in [0.3, 0.4) is 0 Å². The van der Waals surface area contributed by atoms with Crippen LogP contribution in [-0.4, -0.2) is 106 Å². The van der Waals surface area contributed by atoms with Crippen molar-refractivity contribution in [1.29, 1.82) is 0 Å². The molecule has 2 aliphatic rings. The van der Waals surface area contributed by atoms with Crippen molar-refractivity contribution in [3.8, 4) is 22.6 Å². The molecule has 0 unspecified atom stereocenters. The van der Waals surface area contributed by atoms with Gasteiger partial charge in [-0.25, -0.2) is 0 Å². The standard InChI is InChI=1S/C27H30O13/c1-35-14-4-2-13(3-5-14)17-10-36-18-8-15(6-7-16(18)20(17)30)38-25-23(22(32)21(31)19(9-28)39-25)40-26-24(33)27(34,11-29)12-37-26/h2-8,10,19,21-26,28-29,31-34H,9,11-12H2,1H3/t19-,21+,22+,23-,24-,25-,26-,27+/m0/s1. The van der Waals surface area contributed by atoms with E-state index >= 15 is 0 Å². The number of benzene rings is 2. The Balaban J connectivity index is 1.40. The normalized spacial score (nSPS) is 32.3. The Morgan fingerprint density at radius 3 is 2.38 bits per heavy atom. The zero-order valence-corrected chi connectivity index (χ0v) is 21.3. The molecule has 216 valence electrons. The Morgan fingerprint density at radius 2 is 1.73 bits per heavy atom. The summed E-state index contributed by atoms with van der Waals surface area (Å²) in [5, 5.41) is 61.0. The van der Waals surface area contributed by atoms with Crippen LogP contribution in [0.4, 0.5) is 0 Å². The lowest BCUT2D eigenvalue weighted by Gasteiger charge is -2.42. The van der Waals surface area contributed by atoms with Crippen LogP contribution < -0.4 is 14.9 Å². The predicted molar refractivity (Wildman–Crippen MR) is 136 cm³/mol. The zero-order chi connectivity index (χ0) is 28.6. The molecular formula is C27H30O13.